The molecule has 10 heteroatoms. The minimum atomic E-state index is -0.478. The second kappa shape index (κ2) is 10.1. The first-order valence-corrected chi connectivity index (χ1v) is 12.9. The summed E-state index contributed by atoms with van der Waals surface area (Å²) >= 11 is 0. The summed E-state index contributed by atoms with van der Waals surface area (Å²) in [6.45, 7) is 0. The highest BCUT2D eigenvalue weighted by atomic mass is 19.1. The van der Waals surface area contributed by atoms with Crippen molar-refractivity contribution in [2.75, 3.05) is 5.32 Å². The molecule has 0 aliphatic heterocycles. The molecule has 7 rings (SSSR count). The van der Waals surface area contributed by atoms with Crippen molar-refractivity contribution >= 4 is 33.5 Å². The number of carbonyl (C=O) groups excluding carboxylic acids is 1. The third-order valence-corrected chi connectivity index (χ3v) is 6.79. The summed E-state index contributed by atoms with van der Waals surface area (Å²) in [6.07, 6.45) is 8.40. The largest absolute Gasteiger partial charge is 0.336 e. The normalized spacial score (nSPS) is 11.2. The van der Waals surface area contributed by atoms with E-state index in [4.69, 9.17) is 4.98 Å². The molecule has 9 nitrogen and oxygen atoms in total. The molecule has 5 aromatic heterocycles. The molecule has 0 unspecified atom stereocenters. The van der Waals surface area contributed by atoms with E-state index in [0.717, 1.165) is 16.6 Å². The van der Waals surface area contributed by atoms with Crippen LogP contribution >= 0.6 is 0 Å². The van der Waals surface area contributed by atoms with Crippen molar-refractivity contribution in [3.63, 3.8) is 0 Å². The van der Waals surface area contributed by atoms with E-state index in [2.05, 4.69) is 35.5 Å². The highest BCUT2D eigenvalue weighted by Gasteiger charge is 2.21. The Morgan fingerprint density at radius 3 is 2.56 bits per heavy atom. The van der Waals surface area contributed by atoms with Crippen molar-refractivity contribution in [3.05, 3.63) is 109 Å². The van der Waals surface area contributed by atoms with Crippen molar-refractivity contribution in [2.45, 2.75) is 6.42 Å². The van der Waals surface area contributed by atoms with E-state index in [-0.39, 0.29) is 12.3 Å². The molecule has 0 fully saturated rings. The zero-order valence-electron chi connectivity index (χ0n) is 21.5. The van der Waals surface area contributed by atoms with Gasteiger partial charge in [0.1, 0.15) is 17.0 Å². The predicted octanol–water partition coefficient (Wildman–Crippen LogP) is 5.95. The Kier molecular flexibility index (Phi) is 5.97. The highest BCUT2D eigenvalue weighted by Crippen LogP contribution is 2.35. The Balaban J connectivity index is 1.24. The number of aromatic amines is 2. The van der Waals surface area contributed by atoms with Gasteiger partial charge < -0.3 is 10.3 Å². The number of pyridine rings is 3. The third-order valence-electron chi connectivity index (χ3n) is 6.79. The molecule has 7 aromatic rings. The number of nitrogens with one attached hydrogen (secondary N) is 3. The van der Waals surface area contributed by atoms with Crippen LogP contribution in [0, 0.1) is 5.82 Å². The molecule has 0 aliphatic carbocycles. The van der Waals surface area contributed by atoms with Crippen LogP contribution in [0.1, 0.15) is 5.56 Å². The number of H-pyrrole nitrogens is 2. The first-order chi connectivity index (χ1) is 20.1. The summed E-state index contributed by atoms with van der Waals surface area (Å²) in [7, 11) is 0. The van der Waals surface area contributed by atoms with Gasteiger partial charge in [-0.1, -0.05) is 30.3 Å². The molecule has 0 radical (unpaired) electrons. The van der Waals surface area contributed by atoms with E-state index in [1.54, 1.807) is 43.0 Å². The fraction of sp³-hybridized carbons (Fsp3) is 0.0323. The number of anilines is 1. The second-order valence-electron chi connectivity index (χ2n) is 9.47. The lowest BCUT2D eigenvalue weighted by atomic mass is 10.0. The zero-order valence-corrected chi connectivity index (χ0v) is 21.5. The molecule has 0 aliphatic rings. The van der Waals surface area contributed by atoms with Gasteiger partial charge in [-0.05, 0) is 42.0 Å². The standard InChI is InChI=1S/C31H21FN8O/c32-27-22(20-15-21(17-34-16-20)36-25(41)14-18-4-2-1-3-5-18)6-7-23-26(27)30(40-39-23)31-37-24-10-13-35-28(29(24)38-31)19-8-11-33-12-9-19/h1-13,15-17H,14H2,(H,36,41)(H,37,38)(H,39,40). The number of fused-ring (bicyclic) bond motifs is 2. The van der Waals surface area contributed by atoms with Crippen LogP contribution in [0.25, 0.3) is 55.8 Å². The van der Waals surface area contributed by atoms with Crippen molar-refractivity contribution in [3.8, 4) is 33.9 Å². The van der Waals surface area contributed by atoms with Crippen LogP contribution in [0.15, 0.2) is 97.7 Å². The summed E-state index contributed by atoms with van der Waals surface area (Å²) in [5.74, 6) is -0.256. The molecule has 0 spiro atoms. The quantitative estimate of drug-likeness (QED) is 0.240. The molecule has 41 heavy (non-hydrogen) atoms. The molecule has 0 saturated heterocycles. The molecule has 3 N–H and O–H groups in total. The first kappa shape index (κ1) is 24.3. The highest BCUT2D eigenvalue weighted by molar-refractivity contribution is 5.98. The van der Waals surface area contributed by atoms with Gasteiger partial charge in [0.15, 0.2) is 5.82 Å². The molecular weight excluding hydrogens is 519 g/mol. The Bertz CT molecular complexity index is 2040. The van der Waals surface area contributed by atoms with Gasteiger partial charge in [-0.15, -0.1) is 0 Å². The van der Waals surface area contributed by atoms with Gasteiger partial charge >= 0.3 is 0 Å². The number of halogens is 1. The molecular formula is C31H21FN8O. The zero-order chi connectivity index (χ0) is 27.8. The van der Waals surface area contributed by atoms with Gasteiger partial charge in [0.2, 0.25) is 5.91 Å². The van der Waals surface area contributed by atoms with Crippen LogP contribution in [-0.4, -0.2) is 41.0 Å². The Labute approximate surface area is 232 Å². The lowest BCUT2D eigenvalue weighted by Gasteiger charge is -2.09. The van der Waals surface area contributed by atoms with Crippen molar-refractivity contribution in [1.82, 2.24) is 35.1 Å². The molecule has 0 atom stereocenters. The second-order valence-corrected chi connectivity index (χ2v) is 9.47. The van der Waals surface area contributed by atoms with E-state index in [1.807, 2.05) is 48.5 Å². The number of imidazole rings is 1. The van der Waals surface area contributed by atoms with Crippen molar-refractivity contribution < 1.29 is 9.18 Å². The fourth-order valence-corrected chi connectivity index (χ4v) is 4.88. The average molecular weight is 541 g/mol. The lowest BCUT2D eigenvalue weighted by Crippen LogP contribution is -2.14. The number of aromatic nitrogens is 7. The fourth-order valence-electron chi connectivity index (χ4n) is 4.88. The monoisotopic (exact) mass is 540 g/mol. The average Bonchev–Trinajstić information content (AvgIpc) is 3.63. The summed E-state index contributed by atoms with van der Waals surface area (Å²) in [6, 6.07) is 20.1. The Hall–Kier alpha value is -5.77. The molecule has 2 aromatic carbocycles. The lowest BCUT2D eigenvalue weighted by molar-refractivity contribution is -0.115. The Morgan fingerprint density at radius 2 is 1.71 bits per heavy atom. The molecule has 5 heterocycles. The minimum Gasteiger partial charge on any atom is -0.336 e. The SMILES string of the molecule is O=C(Cc1ccccc1)Nc1cncc(-c2ccc3[nH]nc(-c4nc5c(-c6ccncc6)nccc5[nH]4)c3c2F)c1. The summed E-state index contributed by atoms with van der Waals surface area (Å²) in [5.41, 5.74) is 6.02. The maximum Gasteiger partial charge on any atom is 0.228 e. The number of hydrogen-bond donors (Lipinski definition) is 3. The molecule has 198 valence electrons. The summed E-state index contributed by atoms with van der Waals surface area (Å²) < 4.78 is 16.2. The van der Waals surface area contributed by atoms with Crippen LogP contribution in [-0.2, 0) is 11.2 Å². The number of carbonyl (C=O) groups is 1. The van der Waals surface area contributed by atoms with Crippen LogP contribution in [0.5, 0.6) is 0 Å². The first-order valence-electron chi connectivity index (χ1n) is 12.9. The predicted molar refractivity (Wildman–Crippen MR) is 154 cm³/mol. The number of rotatable bonds is 6. The van der Waals surface area contributed by atoms with Crippen LogP contribution in [0.4, 0.5) is 10.1 Å². The van der Waals surface area contributed by atoms with Gasteiger partial charge in [-0.2, -0.15) is 5.10 Å². The smallest absolute Gasteiger partial charge is 0.228 e. The summed E-state index contributed by atoms with van der Waals surface area (Å²) in [4.78, 5) is 33.4. The van der Waals surface area contributed by atoms with Crippen molar-refractivity contribution in [1.29, 1.82) is 0 Å². The maximum absolute atomic E-state index is 16.2. The molecule has 0 saturated carbocycles. The topological polar surface area (TPSA) is 125 Å². The number of benzene rings is 2. The van der Waals surface area contributed by atoms with E-state index in [0.29, 0.717) is 50.4 Å². The van der Waals surface area contributed by atoms with E-state index in [9.17, 15) is 4.79 Å². The van der Waals surface area contributed by atoms with E-state index in [1.165, 1.54) is 6.20 Å². The number of hydrogen-bond acceptors (Lipinski definition) is 6. The van der Waals surface area contributed by atoms with Crippen LogP contribution < -0.4 is 5.32 Å². The number of amides is 1. The molecule has 1 amide bonds. The minimum absolute atomic E-state index is 0.186. The van der Waals surface area contributed by atoms with E-state index >= 15 is 4.39 Å². The summed E-state index contributed by atoms with van der Waals surface area (Å²) in [5, 5.41) is 10.5. The molecule has 0 bridgehead atoms. The van der Waals surface area contributed by atoms with Gasteiger partial charge in [0, 0.05) is 41.5 Å². The van der Waals surface area contributed by atoms with Crippen LogP contribution in [0.3, 0.4) is 0 Å². The van der Waals surface area contributed by atoms with Gasteiger partial charge in [0.05, 0.1) is 40.4 Å². The van der Waals surface area contributed by atoms with Crippen molar-refractivity contribution in [2.24, 2.45) is 0 Å². The van der Waals surface area contributed by atoms with Gasteiger partial charge in [0.25, 0.3) is 0 Å². The third kappa shape index (κ3) is 4.57. The van der Waals surface area contributed by atoms with Crippen LogP contribution in [0.2, 0.25) is 0 Å². The number of nitrogens with zero attached hydrogens (tertiary/aromatic N) is 5. The maximum atomic E-state index is 16.2. The van der Waals surface area contributed by atoms with Gasteiger partial charge in [-0.25, -0.2) is 9.37 Å². The van der Waals surface area contributed by atoms with E-state index < -0.39 is 5.82 Å². The van der Waals surface area contributed by atoms with Gasteiger partial charge in [-0.3, -0.25) is 24.8 Å². The Morgan fingerprint density at radius 1 is 0.854 bits per heavy atom.